The molecule has 2 nitrogen and oxygen atoms in total. The average molecular weight is 479 g/mol. The highest BCUT2D eigenvalue weighted by molar-refractivity contribution is 14.1. The predicted octanol–water partition coefficient (Wildman–Crippen LogP) is 5.31. The summed E-state index contributed by atoms with van der Waals surface area (Å²) < 4.78 is 2.40. The fraction of sp³-hybridized carbons (Fsp3) is 0.438. The van der Waals surface area contributed by atoms with Crippen LogP contribution in [0.25, 0.3) is 0 Å². The number of likely N-dealkylation sites (N-methyl/N-ethyl adjacent to an activating group) is 1. The van der Waals surface area contributed by atoms with Gasteiger partial charge in [-0.2, -0.15) is 0 Å². The van der Waals surface area contributed by atoms with Crippen molar-refractivity contribution in [2.24, 2.45) is 0 Å². The molecular formula is C16H20BrIN2S. The number of nitrogens with one attached hydrogen (secondary N) is 1. The molecule has 0 amide bonds. The van der Waals surface area contributed by atoms with Crippen molar-refractivity contribution in [1.82, 2.24) is 10.3 Å². The molecule has 0 aliphatic rings. The Bertz CT molecular complexity index is 619. The third kappa shape index (κ3) is 4.50. The van der Waals surface area contributed by atoms with E-state index in [1.165, 1.54) is 19.8 Å². The molecule has 1 aromatic heterocycles. The monoisotopic (exact) mass is 478 g/mol. The van der Waals surface area contributed by atoms with Gasteiger partial charge in [0, 0.05) is 31.3 Å². The van der Waals surface area contributed by atoms with Gasteiger partial charge in [-0.25, -0.2) is 4.98 Å². The van der Waals surface area contributed by atoms with Gasteiger partial charge < -0.3 is 5.32 Å². The SMILES string of the molecule is CNC(Cc1nc(C(C)(C)C)cs1)c1cc(I)ccc1Br. The highest BCUT2D eigenvalue weighted by atomic mass is 127. The number of nitrogens with zero attached hydrogens (tertiary/aromatic N) is 1. The number of halogens is 2. The molecular weight excluding hydrogens is 459 g/mol. The Balaban J connectivity index is 2.23. The molecule has 1 N–H and O–H groups in total. The number of benzene rings is 1. The van der Waals surface area contributed by atoms with E-state index in [2.05, 4.69) is 88.2 Å². The summed E-state index contributed by atoms with van der Waals surface area (Å²) in [6, 6.07) is 6.73. The maximum absolute atomic E-state index is 4.81. The largest absolute Gasteiger partial charge is 0.313 e. The van der Waals surface area contributed by atoms with Crippen LogP contribution < -0.4 is 5.32 Å². The zero-order valence-corrected chi connectivity index (χ0v) is 17.3. The lowest BCUT2D eigenvalue weighted by atomic mass is 9.93. The zero-order valence-electron chi connectivity index (χ0n) is 12.7. The van der Waals surface area contributed by atoms with Crippen LogP contribution >= 0.6 is 49.9 Å². The molecule has 0 fully saturated rings. The molecule has 5 heteroatoms. The minimum Gasteiger partial charge on any atom is -0.313 e. The molecule has 1 unspecified atom stereocenters. The average Bonchev–Trinajstić information content (AvgIpc) is 2.87. The standard InChI is InChI=1S/C16H20BrIN2S/c1-16(2,3)14-9-21-15(20-14)8-13(19-4)11-7-10(18)5-6-12(11)17/h5-7,9,13,19H,8H2,1-4H3. The Hall–Kier alpha value is 0.0200. The van der Waals surface area contributed by atoms with Crippen molar-refractivity contribution in [1.29, 1.82) is 0 Å². The van der Waals surface area contributed by atoms with Gasteiger partial charge in [-0.05, 0) is 53.4 Å². The Morgan fingerprint density at radius 3 is 2.67 bits per heavy atom. The highest BCUT2D eigenvalue weighted by Crippen LogP contribution is 2.30. The summed E-state index contributed by atoms with van der Waals surface area (Å²) >= 11 is 7.77. The second-order valence-electron chi connectivity index (χ2n) is 6.09. The molecule has 1 heterocycles. The molecule has 0 saturated carbocycles. The number of aromatic nitrogens is 1. The Morgan fingerprint density at radius 2 is 2.10 bits per heavy atom. The fourth-order valence-electron chi connectivity index (χ4n) is 2.07. The lowest BCUT2D eigenvalue weighted by molar-refractivity contribution is 0.559. The Kier molecular flexibility index (Phi) is 5.84. The summed E-state index contributed by atoms with van der Waals surface area (Å²) in [5.41, 5.74) is 2.59. The minimum absolute atomic E-state index is 0.118. The first-order chi connectivity index (χ1) is 9.81. The minimum atomic E-state index is 0.118. The maximum atomic E-state index is 4.81. The lowest BCUT2D eigenvalue weighted by Gasteiger charge is -2.18. The van der Waals surface area contributed by atoms with Crippen LogP contribution in [0.15, 0.2) is 28.1 Å². The molecule has 0 radical (unpaired) electrons. The van der Waals surface area contributed by atoms with Gasteiger partial charge >= 0.3 is 0 Å². The van der Waals surface area contributed by atoms with E-state index in [4.69, 9.17) is 4.98 Å². The fourth-order valence-corrected chi connectivity index (χ4v) is 4.18. The first-order valence-electron chi connectivity index (χ1n) is 6.88. The van der Waals surface area contributed by atoms with E-state index in [1.807, 2.05) is 7.05 Å². The molecule has 0 saturated heterocycles. The van der Waals surface area contributed by atoms with E-state index in [0.717, 1.165) is 10.9 Å². The third-order valence-corrected chi connectivity index (χ3v) is 5.65. The molecule has 0 aliphatic carbocycles. The molecule has 2 aromatic rings. The van der Waals surface area contributed by atoms with Crippen molar-refractivity contribution in [3.05, 3.63) is 47.9 Å². The summed E-state index contributed by atoms with van der Waals surface area (Å²) in [7, 11) is 2.01. The van der Waals surface area contributed by atoms with Crippen molar-refractivity contribution in [3.63, 3.8) is 0 Å². The van der Waals surface area contributed by atoms with E-state index >= 15 is 0 Å². The van der Waals surface area contributed by atoms with Crippen molar-refractivity contribution in [2.45, 2.75) is 38.6 Å². The number of hydrogen-bond acceptors (Lipinski definition) is 3. The number of thiazole rings is 1. The quantitative estimate of drug-likeness (QED) is 0.602. The summed E-state index contributed by atoms with van der Waals surface area (Å²) in [4.78, 5) is 4.81. The van der Waals surface area contributed by atoms with Gasteiger partial charge in [0.1, 0.15) is 0 Å². The van der Waals surface area contributed by atoms with Crippen LogP contribution in [0.2, 0.25) is 0 Å². The summed E-state index contributed by atoms with van der Waals surface area (Å²) in [6.07, 6.45) is 0.913. The summed E-state index contributed by atoms with van der Waals surface area (Å²) in [5.74, 6) is 0. The second-order valence-corrected chi connectivity index (χ2v) is 9.13. The van der Waals surface area contributed by atoms with Gasteiger partial charge in [0.25, 0.3) is 0 Å². The van der Waals surface area contributed by atoms with Crippen LogP contribution in [-0.2, 0) is 11.8 Å². The topological polar surface area (TPSA) is 24.9 Å². The van der Waals surface area contributed by atoms with Crippen LogP contribution in [0, 0.1) is 3.57 Å². The van der Waals surface area contributed by atoms with Crippen LogP contribution in [-0.4, -0.2) is 12.0 Å². The van der Waals surface area contributed by atoms with Crippen LogP contribution in [0.3, 0.4) is 0 Å². The van der Waals surface area contributed by atoms with Crippen molar-refractivity contribution in [3.8, 4) is 0 Å². The number of hydrogen-bond donors (Lipinski definition) is 1. The van der Waals surface area contributed by atoms with Gasteiger partial charge in [0.05, 0.1) is 10.7 Å². The number of rotatable bonds is 4. The Morgan fingerprint density at radius 1 is 1.38 bits per heavy atom. The smallest absolute Gasteiger partial charge is 0.0947 e. The lowest BCUT2D eigenvalue weighted by Crippen LogP contribution is -2.20. The van der Waals surface area contributed by atoms with Gasteiger partial charge in [0.15, 0.2) is 0 Å². The van der Waals surface area contributed by atoms with Crippen LogP contribution in [0.4, 0.5) is 0 Å². The molecule has 2 rings (SSSR count). The summed E-state index contributed by atoms with van der Waals surface area (Å²) in [5, 5.41) is 6.79. The molecule has 1 atom stereocenters. The van der Waals surface area contributed by atoms with Crippen molar-refractivity contribution < 1.29 is 0 Å². The molecule has 0 bridgehead atoms. The molecule has 1 aromatic carbocycles. The zero-order chi connectivity index (χ0) is 15.6. The Labute approximate surface area is 153 Å². The van der Waals surface area contributed by atoms with Crippen molar-refractivity contribution in [2.75, 3.05) is 7.05 Å². The van der Waals surface area contributed by atoms with Gasteiger partial charge in [0.2, 0.25) is 0 Å². The van der Waals surface area contributed by atoms with Crippen LogP contribution in [0.5, 0.6) is 0 Å². The summed E-state index contributed by atoms with van der Waals surface area (Å²) in [6.45, 7) is 6.62. The van der Waals surface area contributed by atoms with E-state index in [-0.39, 0.29) is 11.5 Å². The first-order valence-corrected chi connectivity index (χ1v) is 9.63. The molecule has 21 heavy (non-hydrogen) atoms. The third-order valence-electron chi connectivity index (χ3n) is 3.38. The van der Waals surface area contributed by atoms with Gasteiger partial charge in [-0.15, -0.1) is 11.3 Å². The maximum Gasteiger partial charge on any atom is 0.0947 e. The van der Waals surface area contributed by atoms with E-state index in [1.54, 1.807) is 11.3 Å². The molecule has 114 valence electrons. The van der Waals surface area contributed by atoms with Crippen LogP contribution in [0.1, 0.15) is 43.1 Å². The van der Waals surface area contributed by atoms with Crippen molar-refractivity contribution >= 4 is 49.9 Å². The van der Waals surface area contributed by atoms with E-state index < -0.39 is 0 Å². The van der Waals surface area contributed by atoms with Gasteiger partial charge in [-0.1, -0.05) is 36.7 Å². The van der Waals surface area contributed by atoms with E-state index in [9.17, 15) is 0 Å². The van der Waals surface area contributed by atoms with Gasteiger partial charge in [-0.3, -0.25) is 0 Å². The second kappa shape index (κ2) is 7.06. The normalized spacial score (nSPS) is 13.4. The highest BCUT2D eigenvalue weighted by Gasteiger charge is 2.20. The van der Waals surface area contributed by atoms with E-state index in [0.29, 0.717) is 0 Å². The molecule has 0 spiro atoms. The molecule has 0 aliphatic heterocycles. The first kappa shape index (κ1) is 17.4. The predicted molar refractivity (Wildman–Crippen MR) is 103 cm³/mol.